The van der Waals surface area contributed by atoms with Crippen molar-refractivity contribution in [2.45, 2.75) is 56.3 Å². The lowest BCUT2D eigenvalue weighted by molar-refractivity contribution is -0.142. The molecular weight excluding hydrogens is 384 g/mol. The Morgan fingerprint density at radius 3 is 2.79 bits per heavy atom. The number of hydrogen-bond acceptors (Lipinski definition) is 5. The molecule has 0 radical (unpaired) electrons. The van der Waals surface area contributed by atoms with Gasteiger partial charge in [0.05, 0.1) is 12.5 Å². The van der Waals surface area contributed by atoms with E-state index >= 15 is 0 Å². The van der Waals surface area contributed by atoms with E-state index in [1.54, 1.807) is 12.0 Å². The Morgan fingerprint density at radius 2 is 2.00 bits per heavy atom. The summed E-state index contributed by atoms with van der Waals surface area (Å²) in [4.78, 5) is 28.1. The average molecular weight is 415 g/mol. The molecule has 0 unspecified atom stereocenters. The van der Waals surface area contributed by atoms with E-state index in [9.17, 15) is 9.59 Å². The van der Waals surface area contributed by atoms with Gasteiger partial charge in [-0.05, 0) is 43.9 Å². The van der Waals surface area contributed by atoms with Gasteiger partial charge < -0.3 is 10.1 Å². The van der Waals surface area contributed by atoms with Crippen LogP contribution in [0.3, 0.4) is 0 Å². The molecule has 1 aromatic carbocycles. The largest absolute Gasteiger partial charge is 0.496 e. The lowest BCUT2D eigenvalue weighted by Crippen LogP contribution is -2.37. The number of ether oxygens (including phenoxy) is 1. The minimum absolute atomic E-state index is 0.0416. The molecule has 1 aromatic rings. The van der Waals surface area contributed by atoms with Gasteiger partial charge >= 0.3 is 0 Å². The first kappa shape index (κ1) is 20.3. The fourth-order valence-electron chi connectivity index (χ4n) is 4.79. The number of thioether (sulfide) groups is 1. The van der Waals surface area contributed by atoms with E-state index in [-0.39, 0.29) is 17.2 Å². The Labute approximate surface area is 177 Å². The second-order valence-corrected chi connectivity index (χ2v) is 9.35. The SMILES string of the molecule is COc1cccc2c1C=C(NCCCCN1C(=O)CC3(CCCCC3)C1=O)CS2. The zero-order valence-corrected chi connectivity index (χ0v) is 18.0. The van der Waals surface area contributed by atoms with E-state index in [1.807, 2.05) is 23.9 Å². The molecule has 0 aromatic heterocycles. The summed E-state index contributed by atoms with van der Waals surface area (Å²) in [5.41, 5.74) is 1.98. The van der Waals surface area contributed by atoms with Crippen molar-refractivity contribution in [2.24, 2.45) is 5.41 Å². The van der Waals surface area contributed by atoms with Gasteiger partial charge in [0.15, 0.2) is 0 Å². The molecule has 0 bridgehead atoms. The molecule has 3 aliphatic rings. The number of likely N-dealkylation sites (tertiary alicyclic amines) is 1. The highest BCUT2D eigenvalue weighted by Crippen LogP contribution is 2.45. The maximum absolute atomic E-state index is 12.8. The van der Waals surface area contributed by atoms with Crippen molar-refractivity contribution < 1.29 is 14.3 Å². The standard InChI is InChI=1S/C23H30N2O3S/c1-28-19-8-7-9-20-18(19)14-17(16-29-20)24-12-5-6-13-25-21(26)15-23(22(25)27)10-3-2-4-11-23/h7-9,14,24H,2-6,10-13,15-16H2,1H3. The van der Waals surface area contributed by atoms with E-state index in [2.05, 4.69) is 17.5 Å². The molecule has 4 rings (SSSR count). The normalized spacial score (nSPS) is 20.6. The predicted octanol–water partition coefficient (Wildman–Crippen LogP) is 4.22. The quantitative estimate of drug-likeness (QED) is 0.535. The molecule has 6 heteroatoms. The number of unbranched alkanes of at least 4 members (excludes halogenated alkanes) is 1. The molecule has 1 spiro atoms. The Balaban J connectivity index is 1.25. The molecule has 1 N–H and O–H groups in total. The van der Waals surface area contributed by atoms with Crippen LogP contribution < -0.4 is 10.1 Å². The molecule has 2 aliphatic heterocycles. The Bertz CT molecular complexity index is 814. The van der Waals surface area contributed by atoms with Crippen LogP contribution in [0, 0.1) is 5.41 Å². The molecule has 1 saturated carbocycles. The first-order chi connectivity index (χ1) is 14.1. The van der Waals surface area contributed by atoms with E-state index in [0.29, 0.717) is 13.0 Å². The van der Waals surface area contributed by atoms with Crippen molar-refractivity contribution in [3.63, 3.8) is 0 Å². The Kier molecular flexibility index (Phi) is 6.18. The third-order valence-electron chi connectivity index (χ3n) is 6.41. The van der Waals surface area contributed by atoms with Crippen LogP contribution in [-0.4, -0.2) is 42.7 Å². The van der Waals surface area contributed by atoms with Gasteiger partial charge in [0, 0.05) is 41.4 Å². The van der Waals surface area contributed by atoms with Crippen LogP contribution in [0.2, 0.25) is 0 Å². The van der Waals surface area contributed by atoms with Gasteiger partial charge in [-0.25, -0.2) is 0 Å². The van der Waals surface area contributed by atoms with E-state index in [1.165, 1.54) is 17.0 Å². The van der Waals surface area contributed by atoms with Crippen LogP contribution in [0.1, 0.15) is 56.9 Å². The number of benzene rings is 1. The molecule has 2 fully saturated rings. The van der Waals surface area contributed by atoms with E-state index in [4.69, 9.17) is 4.74 Å². The van der Waals surface area contributed by atoms with Gasteiger partial charge in [0.25, 0.3) is 0 Å². The highest BCUT2D eigenvalue weighted by molar-refractivity contribution is 7.99. The number of rotatable bonds is 7. The first-order valence-electron chi connectivity index (χ1n) is 10.7. The van der Waals surface area contributed by atoms with Crippen molar-refractivity contribution >= 4 is 29.7 Å². The second-order valence-electron chi connectivity index (χ2n) is 8.33. The van der Waals surface area contributed by atoms with Crippen LogP contribution in [0.4, 0.5) is 0 Å². The van der Waals surface area contributed by atoms with E-state index in [0.717, 1.165) is 62.1 Å². The van der Waals surface area contributed by atoms with Crippen molar-refractivity contribution in [3.05, 3.63) is 29.5 Å². The number of methoxy groups -OCH3 is 1. The number of carbonyl (C=O) groups is 2. The summed E-state index contributed by atoms with van der Waals surface area (Å²) < 4.78 is 5.47. The predicted molar refractivity (Wildman–Crippen MR) is 116 cm³/mol. The fraction of sp³-hybridized carbons (Fsp3) is 0.565. The number of nitrogens with zero attached hydrogens (tertiary/aromatic N) is 1. The maximum atomic E-state index is 12.8. The fourth-order valence-corrected chi connectivity index (χ4v) is 5.78. The highest BCUT2D eigenvalue weighted by atomic mass is 32.2. The zero-order chi connectivity index (χ0) is 20.3. The van der Waals surface area contributed by atoms with Gasteiger partial charge in [-0.2, -0.15) is 0 Å². The molecule has 0 atom stereocenters. The topological polar surface area (TPSA) is 58.6 Å². The minimum atomic E-state index is -0.357. The highest BCUT2D eigenvalue weighted by Gasteiger charge is 2.51. The minimum Gasteiger partial charge on any atom is -0.496 e. The van der Waals surface area contributed by atoms with Crippen molar-refractivity contribution in [2.75, 3.05) is 26.0 Å². The maximum Gasteiger partial charge on any atom is 0.235 e. The van der Waals surface area contributed by atoms with Crippen LogP contribution in [0.15, 0.2) is 28.8 Å². The molecule has 1 aliphatic carbocycles. The molecule has 2 heterocycles. The first-order valence-corrected chi connectivity index (χ1v) is 11.7. The lowest BCUT2D eigenvalue weighted by Gasteiger charge is -2.30. The average Bonchev–Trinajstić information content (AvgIpc) is 2.97. The number of hydrogen-bond donors (Lipinski definition) is 1. The summed E-state index contributed by atoms with van der Waals surface area (Å²) in [7, 11) is 1.70. The van der Waals surface area contributed by atoms with Crippen molar-refractivity contribution in [1.29, 1.82) is 0 Å². The van der Waals surface area contributed by atoms with Gasteiger partial charge in [0.2, 0.25) is 11.8 Å². The summed E-state index contributed by atoms with van der Waals surface area (Å²) in [5.74, 6) is 1.97. The summed E-state index contributed by atoms with van der Waals surface area (Å²) in [6.45, 7) is 1.41. The molecule has 1 saturated heterocycles. The number of amides is 2. The molecule has 156 valence electrons. The summed E-state index contributed by atoms with van der Waals surface area (Å²) in [6, 6.07) is 6.14. The molecule has 5 nitrogen and oxygen atoms in total. The Morgan fingerprint density at radius 1 is 1.17 bits per heavy atom. The van der Waals surface area contributed by atoms with Crippen LogP contribution in [0.5, 0.6) is 5.75 Å². The van der Waals surface area contributed by atoms with Crippen molar-refractivity contribution in [3.8, 4) is 5.75 Å². The summed E-state index contributed by atoms with van der Waals surface area (Å²) in [5, 5.41) is 3.51. The van der Waals surface area contributed by atoms with Crippen molar-refractivity contribution in [1.82, 2.24) is 10.2 Å². The number of imide groups is 1. The molecule has 2 amide bonds. The number of nitrogens with one attached hydrogen (secondary N) is 1. The van der Waals surface area contributed by atoms with Gasteiger partial charge in [-0.3, -0.25) is 14.5 Å². The van der Waals surface area contributed by atoms with Gasteiger partial charge in [-0.1, -0.05) is 25.3 Å². The summed E-state index contributed by atoms with van der Waals surface area (Å²) in [6.07, 6.45) is 9.54. The van der Waals surface area contributed by atoms with E-state index < -0.39 is 0 Å². The molecule has 29 heavy (non-hydrogen) atoms. The number of carbonyl (C=O) groups excluding carboxylic acids is 2. The van der Waals surface area contributed by atoms with Gasteiger partial charge in [0.1, 0.15) is 5.75 Å². The smallest absolute Gasteiger partial charge is 0.235 e. The Hall–Kier alpha value is -1.95. The van der Waals surface area contributed by atoms with Crippen LogP contribution >= 0.6 is 11.8 Å². The third kappa shape index (κ3) is 4.18. The molecular formula is C23H30N2O3S. The lowest BCUT2D eigenvalue weighted by atomic mass is 9.73. The zero-order valence-electron chi connectivity index (χ0n) is 17.2. The number of fused-ring (bicyclic) bond motifs is 1. The second kappa shape index (κ2) is 8.82. The van der Waals surface area contributed by atoms with Gasteiger partial charge in [-0.15, -0.1) is 11.8 Å². The van der Waals surface area contributed by atoms with Crippen LogP contribution in [-0.2, 0) is 9.59 Å². The third-order valence-corrected chi connectivity index (χ3v) is 7.53. The van der Waals surface area contributed by atoms with Crippen LogP contribution in [0.25, 0.3) is 6.08 Å². The monoisotopic (exact) mass is 414 g/mol. The summed E-state index contributed by atoms with van der Waals surface area (Å²) >= 11 is 1.82.